The van der Waals surface area contributed by atoms with Crippen molar-refractivity contribution in [3.05, 3.63) is 0 Å². The van der Waals surface area contributed by atoms with Gasteiger partial charge in [0.2, 0.25) is 11.8 Å². The molecule has 12 heteroatoms. The van der Waals surface area contributed by atoms with E-state index in [-0.39, 0.29) is 0 Å². The number of hydrogen-bond acceptors (Lipinski definition) is 10. The molecule has 2 fully saturated rings. The molecule has 0 aromatic rings. The van der Waals surface area contributed by atoms with Crippen molar-refractivity contribution >= 4 is 11.8 Å². The molecule has 0 bridgehead atoms. The Morgan fingerprint density at radius 2 is 1.50 bits per heavy atom. The van der Waals surface area contributed by atoms with E-state index in [9.17, 15) is 35.1 Å². The van der Waals surface area contributed by atoms with E-state index in [0.29, 0.717) is 0 Å². The maximum absolute atomic E-state index is 11.5. The van der Waals surface area contributed by atoms with Crippen LogP contribution in [0.1, 0.15) is 20.8 Å². The molecule has 2 amide bonds. The maximum atomic E-state index is 11.5. The standard InChI is InChI=1S/C16H28N2O10/c1-5-11(22)13(24)9(17-6(2)20)16(26-5)28-14-10(18-7(3)21)15(25)27-8(4-19)12(14)23/h5,8-16,19,22-25H,4H2,1-3H3,(H,17,20)(H,18,21)/t5-,8+,9-,10+,11-,12+,13-,14+,15-,16-/m0/s1. The van der Waals surface area contributed by atoms with E-state index < -0.39 is 79.7 Å². The Morgan fingerprint density at radius 3 is 2.04 bits per heavy atom. The third kappa shape index (κ3) is 4.96. The number of carbonyl (C=O) groups excluding carboxylic acids is 2. The lowest BCUT2D eigenvalue weighted by Crippen LogP contribution is -2.69. The zero-order valence-electron chi connectivity index (χ0n) is 15.8. The highest BCUT2D eigenvalue weighted by Crippen LogP contribution is 2.28. The van der Waals surface area contributed by atoms with Crippen LogP contribution in [0, 0.1) is 0 Å². The predicted molar refractivity (Wildman–Crippen MR) is 90.4 cm³/mol. The fraction of sp³-hybridized carbons (Fsp3) is 0.875. The van der Waals surface area contributed by atoms with E-state index >= 15 is 0 Å². The number of nitrogens with one attached hydrogen (secondary N) is 2. The molecule has 28 heavy (non-hydrogen) atoms. The van der Waals surface area contributed by atoms with Gasteiger partial charge in [0.1, 0.15) is 42.6 Å². The van der Waals surface area contributed by atoms with E-state index in [2.05, 4.69) is 10.6 Å². The van der Waals surface area contributed by atoms with E-state index in [1.165, 1.54) is 20.8 Å². The summed E-state index contributed by atoms with van der Waals surface area (Å²) in [6, 6.07) is -2.42. The van der Waals surface area contributed by atoms with Crippen LogP contribution in [0.15, 0.2) is 0 Å². The number of aliphatic hydroxyl groups excluding tert-OH is 5. The molecule has 10 atom stereocenters. The van der Waals surface area contributed by atoms with Crippen LogP contribution in [0.25, 0.3) is 0 Å². The zero-order valence-corrected chi connectivity index (χ0v) is 15.8. The van der Waals surface area contributed by atoms with Crippen LogP contribution >= 0.6 is 0 Å². The van der Waals surface area contributed by atoms with Crippen LogP contribution in [-0.2, 0) is 23.8 Å². The third-order valence-electron chi connectivity index (χ3n) is 4.74. The van der Waals surface area contributed by atoms with Gasteiger partial charge >= 0.3 is 0 Å². The smallest absolute Gasteiger partial charge is 0.217 e. The van der Waals surface area contributed by atoms with Gasteiger partial charge in [0.15, 0.2) is 12.6 Å². The summed E-state index contributed by atoms with van der Waals surface area (Å²) in [5, 5.41) is 55.1. The second-order valence-corrected chi connectivity index (χ2v) is 6.98. The Kier molecular flexibility index (Phi) is 7.70. The lowest BCUT2D eigenvalue weighted by molar-refractivity contribution is -0.319. The minimum absolute atomic E-state index is 0.526. The largest absolute Gasteiger partial charge is 0.394 e. The summed E-state index contributed by atoms with van der Waals surface area (Å²) in [7, 11) is 0. The first-order chi connectivity index (χ1) is 13.1. The van der Waals surface area contributed by atoms with Crippen LogP contribution in [0.2, 0.25) is 0 Å². The highest BCUT2D eigenvalue weighted by atomic mass is 16.7. The highest BCUT2D eigenvalue weighted by Gasteiger charge is 2.50. The van der Waals surface area contributed by atoms with Crippen molar-refractivity contribution in [1.82, 2.24) is 10.6 Å². The minimum atomic E-state index is -1.61. The molecule has 0 unspecified atom stereocenters. The van der Waals surface area contributed by atoms with Crippen LogP contribution < -0.4 is 10.6 Å². The van der Waals surface area contributed by atoms with Crippen molar-refractivity contribution < 1.29 is 49.3 Å². The SMILES string of the molecule is CC(=O)N[C@@H]1[C@H](O[C@H]2[C@H](O)[C@@H](CO)O[C@H](O)[C@@H]2NC(C)=O)O[C@@H](C)[C@H](O)[C@H]1O. The molecular weight excluding hydrogens is 380 g/mol. The number of aliphatic hydroxyl groups is 5. The van der Waals surface area contributed by atoms with Gasteiger partial charge in [0.25, 0.3) is 0 Å². The molecular formula is C16H28N2O10. The molecule has 2 rings (SSSR count). The first-order valence-corrected chi connectivity index (χ1v) is 8.90. The monoisotopic (exact) mass is 408 g/mol. The molecule has 0 saturated carbocycles. The molecule has 0 aromatic carbocycles. The average molecular weight is 408 g/mol. The van der Waals surface area contributed by atoms with E-state index in [0.717, 1.165) is 0 Å². The Morgan fingerprint density at radius 1 is 0.929 bits per heavy atom. The van der Waals surface area contributed by atoms with Crippen LogP contribution in [0.4, 0.5) is 0 Å². The van der Waals surface area contributed by atoms with E-state index in [1.54, 1.807) is 0 Å². The molecule has 2 saturated heterocycles. The third-order valence-corrected chi connectivity index (χ3v) is 4.74. The predicted octanol–water partition coefficient (Wildman–Crippen LogP) is -4.08. The van der Waals surface area contributed by atoms with Crippen molar-refractivity contribution in [3.63, 3.8) is 0 Å². The van der Waals surface area contributed by atoms with Gasteiger partial charge in [-0.15, -0.1) is 0 Å². The Hall–Kier alpha value is -1.38. The van der Waals surface area contributed by atoms with Gasteiger partial charge in [-0.3, -0.25) is 9.59 Å². The molecule has 2 aliphatic heterocycles. The average Bonchev–Trinajstić information content (AvgIpc) is 2.61. The first-order valence-electron chi connectivity index (χ1n) is 8.90. The summed E-state index contributed by atoms with van der Waals surface area (Å²) in [5.74, 6) is -1.06. The quantitative estimate of drug-likeness (QED) is 0.236. The number of hydrogen-bond donors (Lipinski definition) is 7. The van der Waals surface area contributed by atoms with Crippen molar-refractivity contribution in [2.45, 2.75) is 82.1 Å². The second-order valence-electron chi connectivity index (χ2n) is 6.98. The normalized spacial score (nSPS) is 44.0. The molecule has 0 aromatic heterocycles. The van der Waals surface area contributed by atoms with E-state index in [4.69, 9.17) is 14.2 Å². The highest BCUT2D eigenvalue weighted by molar-refractivity contribution is 5.73. The Balaban J connectivity index is 2.29. The van der Waals surface area contributed by atoms with Gasteiger partial charge in [0, 0.05) is 13.8 Å². The lowest BCUT2D eigenvalue weighted by atomic mass is 9.94. The summed E-state index contributed by atoms with van der Waals surface area (Å²) in [6.07, 6.45) is -10.6. The summed E-state index contributed by atoms with van der Waals surface area (Å²) >= 11 is 0. The molecule has 0 spiro atoms. The van der Waals surface area contributed by atoms with Crippen molar-refractivity contribution in [1.29, 1.82) is 0 Å². The molecule has 7 N–H and O–H groups in total. The fourth-order valence-electron chi connectivity index (χ4n) is 3.32. The van der Waals surface area contributed by atoms with Crippen LogP contribution in [0.5, 0.6) is 0 Å². The summed E-state index contributed by atoms with van der Waals surface area (Å²) in [6.45, 7) is 3.23. The van der Waals surface area contributed by atoms with Crippen molar-refractivity contribution in [2.24, 2.45) is 0 Å². The topological polar surface area (TPSA) is 187 Å². The van der Waals surface area contributed by atoms with Crippen LogP contribution in [0.3, 0.4) is 0 Å². The first kappa shape index (κ1) is 22.9. The summed E-state index contributed by atoms with van der Waals surface area (Å²) in [4.78, 5) is 23.0. The molecule has 2 heterocycles. The number of rotatable bonds is 5. The van der Waals surface area contributed by atoms with Gasteiger partial charge < -0.3 is 50.4 Å². The molecule has 0 aliphatic carbocycles. The lowest BCUT2D eigenvalue weighted by Gasteiger charge is -2.47. The van der Waals surface area contributed by atoms with Gasteiger partial charge in [-0.05, 0) is 6.92 Å². The summed E-state index contributed by atoms with van der Waals surface area (Å²) in [5.41, 5.74) is 0. The molecule has 162 valence electrons. The zero-order chi connectivity index (χ0) is 21.2. The second kappa shape index (κ2) is 9.41. The maximum Gasteiger partial charge on any atom is 0.217 e. The fourth-order valence-corrected chi connectivity index (χ4v) is 3.32. The van der Waals surface area contributed by atoms with Gasteiger partial charge in [-0.25, -0.2) is 0 Å². The van der Waals surface area contributed by atoms with Gasteiger partial charge in [-0.1, -0.05) is 0 Å². The molecule has 12 nitrogen and oxygen atoms in total. The van der Waals surface area contributed by atoms with Crippen molar-refractivity contribution in [3.8, 4) is 0 Å². The van der Waals surface area contributed by atoms with E-state index in [1.807, 2.05) is 0 Å². The summed E-state index contributed by atoms with van der Waals surface area (Å²) < 4.78 is 16.4. The number of amides is 2. The molecule has 2 aliphatic rings. The number of carbonyl (C=O) groups is 2. The Labute approximate surface area is 161 Å². The number of ether oxygens (including phenoxy) is 3. The molecule has 0 radical (unpaired) electrons. The van der Waals surface area contributed by atoms with Crippen LogP contribution in [-0.4, -0.2) is 105 Å². The van der Waals surface area contributed by atoms with Gasteiger partial charge in [-0.2, -0.15) is 0 Å². The van der Waals surface area contributed by atoms with Crippen molar-refractivity contribution in [2.75, 3.05) is 6.61 Å². The Bertz CT molecular complexity index is 550. The minimum Gasteiger partial charge on any atom is -0.394 e. The van der Waals surface area contributed by atoms with Gasteiger partial charge in [0.05, 0.1) is 12.7 Å².